The van der Waals surface area contributed by atoms with Gasteiger partial charge in [-0.25, -0.2) is 4.39 Å². The Hall–Kier alpha value is -1.13. The van der Waals surface area contributed by atoms with Crippen molar-refractivity contribution >= 4 is 17.5 Å². The second-order valence-corrected chi connectivity index (χ2v) is 5.50. The number of hydrogen-bond acceptors (Lipinski definition) is 2. The van der Waals surface area contributed by atoms with Crippen LogP contribution in [0.5, 0.6) is 0 Å². The van der Waals surface area contributed by atoms with Gasteiger partial charge >= 0.3 is 0 Å². The normalized spacial score (nSPS) is 11.4. The van der Waals surface area contributed by atoms with Gasteiger partial charge in [0.05, 0.1) is 11.6 Å². The van der Waals surface area contributed by atoms with Gasteiger partial charge in [-0.05, 0) is 26.8 Å². The van der Waals surface area contributed by atoms with Crippen molar-refractivity contribution in [3.8, 4) is 0 Å². The smallest absolute Gasteiger partial charge is 0.234 e. The van der Waals surface area contributed by atoms with Gasteiger partial charge in [0.2, 0.25) is 5.91 Å². The van der Waals surface area contributed by atoms with Crippen LogP contribution < -0.4 is 10.6 Å². The predicted octanol–water partition coefficient (Wildman–Crippen LogP) is 2.48. The summed E-state index contributed by atoms with van der Waals surface area (Å²) in [5, 5.41) is 5.76. The summed E-state index contributed by atoms with van der Waals surface area (Å²) in [6, 6.07) is 4.72. The standard InChI is InChI=1S/C13H18ClFN2O/c1-13(2,3)17-8-11(18)16-7-9-5-4-6-10(14)12(9)15/h4-6,17H,7-8H2,1-3H3,(H,16,18). The lowest BCUT2D eigenvalue weighted by molar-refractivity contribution is -0.120. The van der Waals surface area contributed by atoms with E-state index in [0.29, 0.717) is 5.56 Å². The van der Waals surface area contributed by atoms with Crippen molar-refractivity contribution in [1.29, 1.82) is 0 Å². The van der Waals surface area contributed by atoms with Gasteiger partial charge in [0.1, 0.15) is 5.82 Å². The number of carbonyl (C=O) groups is 1. The summed E-state index contributed by atoms with van der Waals surface area (Å²) in [6.45, 7) is 6.24. The van der Waals surface area contributed by atoms with Crippen LogP contribution in [-0.2, 0) is 11.3 Å². The Kier molecular flexibility index (Phi) is 5.11. The molecule has 100 valence electrons. The van der Waals surface area contributed by atoms with Crippen molar-refractivity contribution in [2.24, 2.45) is 0 Å². The lowest BCUT2D eigenvalue weighted by Gasteiger charge is -2.20. The minimum absolute atomic E-state index is 0.0644. The number of halogens is 2. The number of hydrogen-bond donors (Lipinski definition) is 2. The fourth-order valence-electron chi connectivity index (χ4n) is 1.29. The maximum Gasteiger partial charge on any atom is 0.234 e. The molecule has 1 aromatic carbocycles. The molecule has 0 unspecified atom stereocenters. The van der Waals surface area contributed by atoms with Crippen LogP contribution in [0.15, 0.2) is 18.2 Å². The monoisotopic (exact) mass is 272 g/mol. The molecule has 0 radical (unpaired) electrons. The zero-order valence-corrected chi connectivity index (χ0v) is 11.6. The molecule has 0 aliphatic heterocycles. The topological polar surface area (TPSA) is 41.1 Å². The Balaban J connectivity index is 2.46. The Morgan fingerprint density at radius 1 is 1.39 bits per heavy atom. The van der Waals surface area contributed by atoms with Crippen molar-refractivity contribution in [2.45, 2.75) is 32.9 Å². The average Bonchev–Trinajstić information content (AvgIpc) is 2.27. The second-order valence-electron chi connectivity index (χ2n) is 5.09. The largest absolute Gasteiger partial charge is 0.351 e. The van der Waals surface area contributed by atoms with Gasteiger partial charge in [0, 0.05) is 17.6 Å². The van der Waals surface area contributed by atoms with Gasteiger partial charge in [0.15, 0.2) is 0 Å². The molecule has 0 bridgehead atoms. The highest BCUT2D eigenvalue weighted by Crippen LogP contribution is 2.17. The van der Waals surface area contributed by atoms with Crippen LogP contribution in [0.4, 0.5) is 4.39 Å². The fraction of sp³-hybridized carbons (Fsp3) is 0.462. The van der Waals surface area contributed by atoms with E-state index in [-0.39, 0.29) is 29.6 Å². The van der Waals surface area contributed by atoms with Crippen molar-refractivity contribution < 1.29 is 9.18 Å². The molecule has 1 rings (SSSR count). The predicted molar refractivity (Wildman–Crippen MR) is 71.0 cm³/mol. The number of rotatable bonds is 4. The molecule has 0 atom stereocenters. The van der Waals surface area contributed by atoms with Crippen molar-refractivity contribution in [2.75, 3.05) is 6.54 Å². The van der Waals surface area contributed by atoms with Crippen LogP contribution in [0.2, 0.25) is 5.02 Å². The van der Waals surface area contributed by atoms with E-state index >= 15 is 0 Å². The second kappa shape index (κ2) is 6.16. The Bertz CT molecular complexity index is 429. The van der Waals surface area contributed by atoms with E-state index in [4.69, 9.17) is 11.6 Å². The quantitative estimate of drug-likeness (QED) is 0.884. The van der Waals surface area contributed by atoms with Gasteiger partial charge in [-0.1, -0.05) is 23.7 Å². The third kappa shape index (κ3) is 5.02. The molecule has 0 saturated heterocycles. The molecule has 3 nitrogen and oxygen atoms in total. The third-order valence-electron chi connectivity index (χ3n) is 2.29. The summed E-state index contributed by atoms with van der Waals surface area (Å²) in [6.07, 6.45) is 0. The van der Waals surface area contributed by atoms with Crippen LogP contribution in [0.3, 0.4) is 0 Å². The molecule has 0 aliphatic carbocycles. The number of carbonyl (C=O) groups excluding carboxylic acids is 1. The first-order valence-electron chi connectivity index (χ1n) is 5.74. The molecule has 0 fully saturated rings. The van der Waals surface area contributed by atoms with Gasteiger partial charge < -0.3 is 10.6 Å². The molecule has 0 saturated carbocycles. The molecule has 0 aliphatic rings. The number of nitrogens with one attached hydrogen (secondary N) is 2. The first-order chi connectivity index (χ1) is 8.29. The van der Waals surface area contributed by atoms with Crippen LogP contribution in [0.1, 0.15) is 26.3 Å². The summed E-state index contributed by atoms with van der Waals surface area (Å²) in [5.41, 5.74) is 0.255. The zero-order chi connectivity index (χ0) is 13.8. The van der Waals surface area contributed by atoms with E-state index < -0.39 is 5.82 Å². The Labute approximate surface area is 112 Å². The first kappa shape index (κ1) is 14.9. The molecule has 1 amide bonds. The zero-order valence-electron chi connectivity index (χ0n) is 10.8. The summed E-state index contributed by atoms with van der Waals surface area (Å²) < 4.78 is 13.5. The maximum atomic E-state index is 13.5. The summed E-state index contributed by atoms with van der Waals surface area (Å²) in [5.74, 6) is -0.660. The van der Waals surface area contributed by atoms with Crippen LogP contribution in [-0.4, -0.2) is 18.0 Å². The van der Waals surface area contributed by atoms with Crippen LogP contribution >= 0.6 is 11.6 Å². The third-order valence-corrected chi connectivity index (χ3v) is 2.58. The summed E-state index contributed by atoms with van der Waals surface area (Å²) >= 11 is 5.65. The molecule has 5 heteroatoms. The van der Waals surface area contributed by atoms with Crippen molar-refractivity contribution in [3.63, 3.8) is 0 Å². The fourth-order valence-corrected chi connectivity index (χ4v) is 1.48. The molecule has 0 heterocycles. The highest BCUT2D eigenvalue weighted by Gasteiger charge is 2.12. The summed E-state index contributed by atoms with van der Waals surface area (Å²) in [4.78, 5) is 11.5. The van der Waals surface area contributed by atoms with Crippen LogP contribution in [0, 0.1) is 5.82 Å². The maximum absolute atomic E-state index is 13.5. The molecule has 2 N–H and O–H groups in total. The highest BCUT2D eigenvalue weighted by molar-refractivity contribution is 6.30. The molecule has 18 heavy (non-hydrogen) atoms. The molecule has 0 spiro atoms. The average molecular weight is 273 g/mol. The van der Waals surface area contributed by atoms with Gasteiger partial charge in [-0.2, -0.15) is 0 Å². The van der Waals surface area contributed by atoms with Crippen LogP contribution in [0.25, 0.3) is 0 Å². The Morgan fingerprint density at radius 2 is 2.06 bits per heavy atom. The van der Waals surface area contributed by atoms with Gasteiger partial charge in [-0.3, -0.25) is 4.79 Å². The van der Waals surface area contributed by atoms with Gasteiger partial charge in [-0.15, -0.1) is 0 Å². The van der Waals surface area contributed by atoms with Crippen molar-refractivity contribution in [1.82, 2.24) is 10.6 Å². The number of benzene rings is 1. The minimum Gasteiger partial charge on any atom is -0.351 e. The molecular weight excluding hydrogens is 255 g/mol. The Morgan fingerprint density at radius 3 is 2.67 bits per heavy atom. The van der Waals surface area contributed by atoms with E-state index in [1.54, 1.807) is 12.1 Å². The lowest BCUT2D eigenvalue weighted by Crippen LogP contribution is -2.43. The highest BCUT2D eigenvalue weighted by atomic mass is 35.5. The van der Waals surface area contributed by atoms with E-state index in [1.165, 1.54) is 6.07 Å². The first-order valence-corrected chi connectivity index (χ1v) is 6.12. The lowest BCUT2D eigenvalue weighted by atomic mass is 10.1. The minimum atomic E-state index is -0.483. The SMILES string of the molecule is CC(C)(C)NCC(=O)NCc1cccc(Cl)c1F. The van der Waals surface area contributed by atoms with E-state index in [1.807, 2.05) is 20.8 Å². The van der Waals surface area contributed by atoms with E-state index in [9.17, 15) is 9.18 Å². The molecular formula is C13H18ClFN2O. The van der Waals surface area contributed by atoms with Crippen molar-refractivity contribution in [3.05, 3.63) is 34.6 Å². The van der Waals surface area contributed by atoms with E-state index in [2.05, 4.69) is 10.6 Å². The van der Waals surface area contributed by atoms with E-state index in [0.717, 1.165) is 0 Å². The number of amides is 1. The molecule has 0 aromatic heterocycles. The summed E-state index contributed by atoms with van der Waals surface area (Å²) in [7, 11) is 0. The molecule has 1 aromatic rings. The van der Waals surface area contributed by atoms with Gasteiger partial charge in [0.25, 0.3) is 0 Å².